The minimum absolute atomic E-state index is 0.399. The molecule has 1 heterocycles. The Morgan fingerprint density at radius 2 is 2.26 bits per heavy atom. The quantitative estimate of drug-likeness (QED) is 0.565. The van der Waals surface area contributed by atoms with Crippen molar-refractivity contribution in [1.82, 2.24) is 5.32 Å². The highest BCUT2D eigenvalue weighted by atomic mass is 16.5. The maximum absolute atomic E-state index is 9.73. The van der Waals surface area contributed by atoms with Gasteiger partial charge in [-0.25, -0.2) is 0 Å². The van der Waals surface area contributed by atoms with Gasteiger partial charge >= 0.3 is 0 Å². The van der Waals surface area contributed by atoms with Gasteiger partial charge in [0.2, 0.25) is 0 Å². The van der Waals surface area contributed by atoms with Crippen LogP contribution in [0.2, 0.25) is 0 Å². The lowest BCUT2D eigenvalue weighted by molar-refractivity contribution is 0.0340. The van der Waals surface area contributed by atoms with Crippen LogP contribution in [0, 0.1) is 5.92 Å². The third-order valence-electron chi connectivity index (χ3n) is 3.43. The highest BCUT2D eigenvalue weighted by molar-refractivity contribution is 4.67. The van der Waals surface area contributed by atoms with Crippen LogP contribution in [0.3, 0.4) is 0 Å². The molecule has 0 aromatic heterocycles. The lowest BCUT2D eigenvalue weighted by Crippen LogP contribution is -2.32. The van der Waals surface area contributed by atoms with Gasteiger partial charge in [-0.15, -0.1) is 0 Å². The van der Waals surface area contributed by atoms with E-state index in [4.69, 9.17) is 9.47 Å². The molecule has 4 heteroatoms. The van der Waals surface area contributed by atoms with Crippen molar-refractivity contribution in [3.05, 3.63) is 0 Å². The fraction of sp³-hybridized carbons (Fsp3) is 1.00. The molecule has 1 aliphatic rings. The fourth-order valence-corrected chi connectivity index (χ4v) is 2.28. The number of ether oxygens (including phenoxy) is 2. The van der Waals surface area contributed by atoms with Crippen LogP contribution >= 0.6 is 0 Å². The van der Waals surface area contributed by atoms with Gasteiger partial charge in [-0.05, 0) is 44.6 Å². The van der Waals surface area contributed by atoms with E-state index < -0.39 is 6.10 Å². The van der Waals surface area contributed by atoms with Crippen molar-refractivity contribution >= 4 is 0 Å². The summed E-state index contributed by atoms with van der Waals surface area (Å²) in [5, 5.41) is 13.0. The molecule has 0 amide bonds. The molecule has 0 radical (unpaired) electrons. The number of hydrogen-bond acceptors (Lipinski definition) is 4. The molecule has 114 valence electrons. The average Bonchev–Trinajstić information content (AvgIpc) is 2.87. The van der Waals surface area contributed by atoms with Gasteiger partial charge in [-0.3, -0.25) is 0 Å². The largest absolute Gasteiger partial charge is 0.389 e. The minimum Gasteiger partial charge on any atom is -0.389 e. The lowest BCUT2D eigenvalue weighted by Gasteiger charge is -2.14. The molecule has 1 aliphatic heterocycles. The van der Waals surface area contributed by atoms with E-state index in [0.717, 1.165) is 38.5 Å². The summed E-state index contributed by atoms with van der Waals surface area (Å²) in [7, 11) is 0. The van der Waals surface area contributed by atoms with E-state index in [2.05, 4.69) is 19.2 Å². The van der Waals surface area contributed by atoms with Crippen LogP contribution in [0.1, 0.15) is 46.0 Å². The van der Waals surface area contributed by atoms with Crippen molar-refractivity contribution in [1.29, 1.82) is 0 Å². The Morgan fingerprint density at radius 3 is 2.95 bits per heavy atom. The van der Waals surface area contributed by atoms with Crippen LogP contribution in [0.15, 0.2) is 0 Å². The Morgan fingerprint density at radius 1 is 1.42 bits per heavy atom. The molecule has 0 aromatic carbocycles. The predicted octanol–water partition coefficient (Wildman–Crippen LogP) is 1.96. The Balaban J connectivity index is 1.83. The van der Waals surface area contributed by atoms with Gasteiger partial charge in [0, 0.05) is 19.8 Å². The van der Waals surface area contributed by atoms with Gasteiger partial charge in [0.15, 0.2) is 0 Å². The first-order valence-electron chi connectivity index (χ1n) is 7.76. The second kappa shape index (κ2) is 10.6. The van der Waals surface area contributed by atoms with Crippen LogP contribution in [0.25, 0.3) is 0 Å². The number of aliphatic hydroxyl groups excluding tert-OH is 1. The molecule has 1 fully saturated rings. The molecule has 0 bridgehead atoms. The SMILES string of the molecule is CC(C)CCCOCC(O)CNCCC1CCCO1. The monoisotopic (exact) mass is 273 g/mol. The summed E-state index contributed by atoms with van der Waals surface area (Å²) < 4.78 is 11.0. The van der Waals surface area contributed by atoms with Gasteiger partial charge in [0.1, 0.15) is 0 Å². The van der Waals surface area contributed by atoms with Crippen molar-refractivity contribution < 1.29 is 14.6 Å². The minimum atomic E-state index is -0.399. The molecule has 0 aliphatic carbocycles. The normalized spacial score (nSPS) is 21.2. The molecule has 4 nitrogen and oxygen atoms in total. The van der Waals surface area contributed by atoms with E-state index >= 15 is 0 Å². The van der Waals surface area contributed by atoms with Crippen molar-refractivity contribution in [2.45, 2.75) is 58.2 Å². The van der Waals surface area contributed by atoms with E-state index in [1.165, 1.54) is 19.3 Å². The van der Waals surface area contributed by atoms with Gasteiger partial charge in [0.05, 0.1) is 18.8 Å². The van der Waals surface area contributed by atoms with Gasteiger partial charge in [-0.1, -0.05) is 13.8 Å². The van der Waals surface area contributed by atoms with E-state index in [0.29, 0.717) is 19.3 Å². The smallest absolute Gasteiger partial charge is 0.0897 e. The standard InChI is InChI=1S/C15H31NO3/c1-13(2)5-3-9-18-12-14(17)11-16-8-7-15-6-4-10-19-15/h13-17H,3-12H2,1-2H3. The molecule has 1 rings (SSSR count). The van der Waals surface area contributed by atoms with Crippen LogP contribution in [-0.4, -0.2) is 50.2 Å². The summed E-state index contributed by atoms with van der Waals surface area (Å²) >= 11 is 0. The molecule has 2 unspecified atom stereocenters. The topological polar surface area (TPSA) is 50.7 Å². The predicted molar refractivity (Wildman–Crippen MR) is 77.4 cm³/mol. The summed E-state index contributed by atoms with van der Waals surface area (Å²) in [5.41, 5.74) is 0. The molecular formula is C15H31NO3. The van der Waals surface area contributed by atoms with Crippen molar-refractivity contribution in [3.63, 3.8) is 0 Å². The van der Waals surface area contributed by atoms with E-state index in [-0.39, 0.29) is 0 Å². The molecule has 2 N–H and O–H groups in total. The second-order valence-electron chi connectivity index (χ2n) is 5.89. The first-order chi connectivity index (χ1) is 9.18. The number of aliphatic hydroxyl groups is 1. The maximum Gasteiger partial charge on any atom is 0.0897 e. The van der Waals surface area contributed by atoms with E-state index in [1.54, 1.807) is 0 Å². The zero-order valence-corrected chi connectivity index (χ0v) is 12.6. The zero-order valence-electron chi connectivity index (χ0n) is 12.6. The first kappa shape index (κ1) is 16.9. The molecule has 1 saturated heterocycles. The van der Waals surface area contributed by atoms with E-state index in [1.807, 2.05) is 0 Å². The van der Waals surface area contributed by atoms with Crippen molar-refractivity contribution in [3.8, 4) is 0 Å². The summed E-state index contributed by atoms with van der Waals surface area (Å²) in [6.45, 7) is 8.05. The Kier molecular flexibility index (Phi) is 9.43. The third kappa shape index (κ3) is 9.38. The molecule has 0 aromatic rings. The molecule has 2 atom stereocenters. The number of hydrogen-bond donors (Lipinski definition) is 2. The van der Waals surface area contributed by atoms with Crippen LogP contribution in [0.4, 0.5) is 0 Å². The first-order valence-corrected chi connectivity index (χ1v) is 7.76. The van der Waals surface area contributed by atoms with Crippen LogP contribution in [0.5, 0.6) is 0 Å². The molecule has 0 saturated carbocycles. The lowest BCUT2D eigenvalue weighted by atomic mass is 10.1. The molecule has 0 spiro atoms. The Labute approximate surface area is 117 Å². The van der Waals surface area contributed by atoms with Crippen molar-refractivity contribution in [2.75, 3.05) is 32.9 Å². The second-order valence-corrected chi connectivity index (χ2v) is 5.89. The molecule has 19 heavy (non-hydrogen) atoms. The number of nitrogens with one attached hydrogen (secondary N) is 1. The number of rotatable bonds is 11. The summed E-state index contributed by atoms with van der Waals surface area (Å²) in [4.78, 5) is 0. The van der Waals surface area contributed by atoms with Crippen LogP contribution in [-0.2, 0) is 9.47 Å². The van der Waals surface area contributed by atoms with Crippen LogP contribution < -0.4 is 5.32 Å². The summed E-state index contributed by atoms with van der Waals surface area (Å²) in [6.07, 6.45) is 5.72. The summed E-state index contributed by atoms with van der Waals surface area (Å²) in [6, 6.07) is 0. The Hall–Kier alpha value is -0.160. The average molecular weight is 273 g/mol. The van der Waals surface area contributed by atoms with Gasteiger partial charge < -0.3 is 19.9 Å². The van der Waals surface area contributed by atoms with E-state index in [9.17, 15) is 5.11 Å². The summed E-state index contributed by atoms with van der Waals surface area (Å²) in [5.74, 6) is 0.730. The van der Waals surface area contributed by atoms with Crippen molar-refractivity contribution in [2.24, 2.45) is 5.92 Å². The Bertz CT molecular complexity index is 206. The highest BCUT2D eigenvalue weighted by Gasteiger charge is 2.14. The zero-order chi connectivity index (χ0) is 13.9. The third-order valence-corrected chi connectivity index (χ3v) is 3.43. The van der Waals surface area contributed by atoms with Gasteiger partial charge in [-0.2, -0.15) is 0 Å². The highest BCUT2D eigenvalue weighted by Crippen LogP contribution is 2.14. The molecular weight excluding hydrogens is 242 g/mol. The maximum atomic E-state index is 9.73. The fourth-order valence-electron chi connectivity index (χ4n) is 2.28. The van der Waals surface area contributed by atoms with Gasteiger partial charge in [0.25, 0.3) is 0 Å².